The highest BCUT2D eigenvalue weighted by atomic mass is 16.7. The monoisotopic (exact) mass is 800 g/mol. The summed E-state index contributed by atoms with van der Waals surface area (Å²) >= 11 is 0. The first-order chi connectivity index (χ1) is 27.3. The third-order valence-electron chi connectivity index (χ3n) is 10.1. The van der Waals surface area contributed by atoms with E-state index in [0.29, 0.717) is 11.1 Å². The summed E-state index contributed by atoms with van der Waals surface area (Å²) in [7, 11) is 4.03. The Morgan fingerprint density at radius 2 is 1.51 bits per heavy atom. The van der Waals surface area contributed by atoms with Crippen LogP contribution >= 0.6 is 0 Å². The van der Waals surface area contributed by atoms with E-state index < -0.39 is 91.8 Å². The van der Waals surface area contributed by atoms with Crippen molar-refractivity contribution < 1.29 is 83.2 Å². The lowest BCUT2D eigenvalue weighted by molar-refractivity contribution is -0.344. The second-order valence-corrected chi connectivity index (χ2v) is 13.6. The second-order valence-electron chi connectivity index (χ2n) is 13.6. The Bertz CT molecular complexity index is 1980. The van der Waals surface area contributed by atoms with Crippen molar-refractivity contribution in [3.63, 3.8) is 0 Å². The van der Waals surface area contributed by atoms with Crippen molar-refractivity contribution in [1.29, 1.82) is 0 Å². The molecule has 0 amide bonds. The smallest absolute Gasteiger partial charge is 0.330 e. The molecule has 3 aliphatic rings. The van der Waals surface area contributed by atoms with E-state index in [4.69, 9.17) is 37.6 Å². The number of aliphatic hydroxyl groups excluding tert-OH is 6. The predicted octanol–water partition coefficient (Wildman–Crippen LogP) is -0.174. The zero-order valence-corrected chi connectivity index (χ0v) is 30.9. The van der Waals surface area contributed by atoms with Crippen LogP contribution in [0.2, 0.25) is 0 Å². The van der Waals surface area contributed by atoms with Crippen LogP contribution in [0.4, 0.5) is 0 Å². The summed E-state index contributed by atoms with van der Waals surface area (Å²) in [5.74, 6) is -1.27. The number of carbonyl (C=O) groups excluding carboxylic acids is 1. The van der Waals surface area contributed by atoms with E-state index in [1.54, 1.807) is 12.1 Å². The summed E-state index contributed by atoms with van der Waals surface area (Å²) in [6.07, 6.45) is -12.9. The van der Waals surface area contributed by atoms with E-state index in [0.717, 1.165) is 6.08 Å². The fraction of sp³-hybridized carbons (Fsp3) is 0.436. The molecule has 2 saturated heterocycles. The summed E-state index contributed by atoms with van der Waals surface area (Å²) in [5.41, 5.74) is 0.717. The van der Waals surface area contributed by atoms with Gasteiger partial charge in [0.1, 0.15) is 78.5 Å². The number of ether oxygens (including phenoxy) is 7. The first-order valence-electron chi connectivity index (χ1n) is 17.8. The molecule has 0 spiro atoms. The van der Waals surface area contributed by atoms with E-state index in [1.807, 2.05) is 0 Å². The Balaban J connectivity index is 1.21. The molecule has 18 heteroatoms. The van der Waals surface area contributed by atoms with Gasteiger partial charge in [-0.3, -0.25) is 4.79 Å². The summed E-state index contributed by atoms with van der Waals surface area (Å²) in [6.45, 7) is -1.37. The van der Waals surface area contributed by atoms with Gasteiger partial charge in [-0.1, -0.05) is 0 Å². The van der Waals surface area contributed by atoms with Crippen LogP contribution < -0.4 is 14.9 Å². The number of fused-ring (bicyclic) bond motifs is 1. The van der Waals surface area contributed by atoms with Crippen LogP contribution in [0.5, 0.6) is 23.0 Å². The number of carbonyl (C=O) groups is 1. The number of methoxy groups -OCH3 is 3. The Morgan fingerprint density at radius 1 is 0.842 bits per heavy atom. The fourth-order valence-corrected chi connectivity index (χ4v) is 6.98. The molecule has 6 rings (SSSR count). The van der Waals surface area contributed by atoms with E-state index in [-0.39, 0.29) is 52.3 Å². The summed E-state index contributed by atoms with van der Waals surface area (Å²) < 4.78 is 45.1. The van der Waals surface area contributed by atoms with Crippen LogP contribution in [-0.4, -0.2) is 143 Å². The van der Waals surface area contributed by atoms with Crippen molar-refractivity contribution in [1.82, 2.24) is 0 Å². The predicted molar refractivity (Wildman–Crippen MR) is 195 cm³/mol. The molecule has 0 bridgehead atoms. The Kier molecular flexibility index (Phi) is 12.9. The molecule has 0 saturated carbocycles. The number of esters is 1. The Hall–Kier alpha value is -5.02. The molecule has 1 aromatic heterocycles. The third kappa shape index (κ3) is 8.64. The van der Waals surface area contributed by atoms with Gasteiger partial charge in [-0.05, 0) is 54.5 Å². The molecule has 0 unspecified atom stereocenters. The molecule has 1 aliphatic carbocycles. The number of phenols is 2. The van der Waals surface area contributed by atoms with E-state index in [1.165, 1.54) is 63.8 Å². The standard InChI is InChI=1S/C39H44O18/c1-50-24-14-25-20(22(42)13-23(54-25)18-5-7-19(41)8-6-18)12-21(24)37-38(35(48)32(45)28(15-40)55-37)57-39-36(49)34(47)33(46)29(56-39)16-53-30(43)9-4-17-10-26(51-2)31(44)27(11-17)52-3/h4-11,13-14,21,28-29,32-41,44-49H,12,15-16H2,1-3H3/b9-4+/t21-,28+,29+,32+,33+,34-,35-,36+,37-,38+,39-/m0/s1. The molecular formula is C39H44O18. The lowest BCUT2D eigenvalue weighted by atomic mass is 9.80. The number of benzene rings is 2. The Morgan fingerprint density at radius 3 is 2.14 bits per heavy atom. The molecule has 3 aromatic rings. The van der Waals surface area contributed by atoms with Crippen LogP contribution in [0.3, 0.4) is 0 Å². The minimum absolute atomic E-state index is 0.0245. The van der Waals surface area contributed by atoms with Gasteiger partial charge in [-0.25, -0.2) is 4.79 Å². The number of rotatable bonds is 12. The van der Waals surface area contributed by atoms with Gasteiger partial charge in [0, 0.05) is 35.3 Å². The van der Waals surface area contributed by atoms with Gasteiger partial charge in [-0.15, -0.1) is 0 Å². The lowest BCUT2D eigenvalue weighted by Gasteiger charge is -2.48. The van der Waals surface area contributed by atoms with Gasteiger partial charge >= 0.3 is 5.97 Å². The molecule has 308 valence electrons. The molecule has 57 heavy (non-hydrogen) atoms. The number of phenolic OH excluding ortho intramolecular Hbond substituents is 2. The van der Waals surface area contributed by atoms with Crippen LogP contribution in [0.15, 0.2) is 63.5 Å². The maximum Gasteiger partial charge on any atom is 0.330 e. The summed E-state index contributed by atoms with van der Waals surface area (Å²) in [4.78, 5) is 26.1. The highest BCUT2D eigenvalue weighted by molar-refractivity contribution is 5.87. The van der Waals surface area contributed by atoms with Crippen molar-refractivity contribution in [3.8, 4) is 34.3 Å². The van der Waals surface area contributed by atoms with Crippen LogP contribution in [0.25, 0.3) is 23.5 Å². The lowest BCUT2D eigenvalue weighted by Crippen LogP contribution is -2.65. The molecule has 11 atom stereocenters. The van der Waals surface area contributed by atoms with Gasteiger partial charge in [-0.2, -0.15) is 0 Å². The van der Waals surface area contributed by atoms with Crippen LogP contribution in [-0.2, 0) is 34.9 Å². The zero-order chi connectivity index (χ0) is 41.1. The van der Waals surface area contributed by atoms with Crippen LogP contribution in [0.1, 0.15) is 16.9 Å². The molecule has 2 aliphatic heterocycles. The molecule has 0 radical (unpaired) electrons. The minimum atomic E-state index is -1.93. The molecule has 2 aromatic carbocycles. The summed E-state index contributed by atoms with van der Waals surface area (Å²) in [5, 5.41) is 84.5. The van der Waals surface area contributed by atoms with E-state index in [2.05, 4.69) is 0 Å². The highest BCUT2D eigenvalue weighted by Crippen LogP contribution is 2.40. The largest absolute Gasteiger partial charge is 0.508 e. The quantitative estimate of drug-likeness (QED) is 0.0872. The molecule has 2 fully saturated rings. The zero-order valence-electron chi connectivity index (χ0n) is 30.9. The number of aromatic hydroxyl groups is 2. The minimum Gasteiger partial charge on any atom is -0.508 e. The van der Waals surface area contributed by atoms with Crippen LogP contribution in [0, 0.1) is 5.92 Å². The average Bonchev–Trinajstić information content (AvgIpc) is 3.21. The maximum atomic E-state index is 13.5. The summed E-state index contributed by atoms with van der Waals surface area (Å²) in [6, 6.07) is 10.2. The molecule has 3 heterocycles. The topological polar surface area (TPSA) is 274 Å². The van der Waals surface area contributed by atoms with E-state index in [9.17, 15) is 50.4 Å². The van der Waals surface area contributed by atoms with Crippen molar-refractivity contribution in [2.75, 3.05) is 34.5 Å². The van der Waals surface area contributed by atoms with Gasteiger partial charge in [0.15, 0.2) is 23.2 Å². The fourth-order valence-electron chi connectivity index (χ4n) is 6.98. The van der Waals surface area contributed by atoms with Crippen molar-refractivity contribution in [2.45, 2.75) is 67.6 Å². The van der Waals surface area contributed by atoms with Crippen molar-refractivity contribution in [3.05, 3.63) is 81.4 Å². The third-order valence-corrected chi connectivity index (χ3v) is 10.1. The molecule has 8 N–H and O–H groups in total. The van der Waals surface area contributed by atoms with Crippen molar-refractivity contribution in [2.24, 2.45) is 5.92 Å². The maximum absolute atomic E-state index is 13.5. The molecular weight excluding hydrogens is 756 g/mol. The van der Waals surface area contributed by atoms with Gasteiger partial charge in [0.2, 0.25) is 5.75 Å². The van der Waals surface area contributed by atoms with Crippen molar-refractivity contribution >= 4 is 18.1 Å². The molecule has 18 nitrogen and oxygen atoms in total. The van der Waals surface area contributed by atoms with Gasteiger partial charge in [0.05, 0.1) is 34.0 Å². The number of aliphatic hydroxyl groups is 6. The second kappa shape index (κ2) is 17.6. The van der Waals surface area contributed by atoms with Gasteiger partial charge in [0.25, 0.3) is 0 Å². The number of hydrogen-bond donors (Lipinski definition) is 8. The van der Waals surface area contributed by atoms with E-state index >= 15 is 0 Å². The highest BCUT2D eigenvalue weighted by Gasteiger charge is 2.53. The number of hydrogen-bond acceptors (Lipinski definition) is 18. The first kappa shape index (κ1) is 41.6. The Labute approximate surface area is 324 Å². The SMILES string of the molecule is COC1=Cc2oc(-c3ccc(O)cc3)cc(=O)c2C[C@@H]1[C@@H]1O[C@H](CO)[C@@H](O)[C@H](O)[C@H]1O[C@@H]1O[C@H](COC(=O)/C=C/c2cc(OC)c(O)c(OC)c2)[C@@H](O)[C@H](O)[C@H]1O. The normalized spacial score (nSPS) is 30.0. The average molecular weight is 801 g/mol. The van der Waals surface area contributed by atoms with Gasteiger partial charge < -0.3 is 78.4 Å². The first-order valence-corrected chi connectivity index (χ1v) is 17.8.